The number of nitrogens with zero attached hydrogens (tertiary/aromatic N) is 1. The molecule has 0 aliphatic carbocycles. The molecule has 0 spiro atoms. The molecule has 0 bridgehead atoms. The van der Waals surface area contributed by atoms with E-state index in [0.29, 0.717) is 24.1 Å². The Labute approximate surface area is 416 Å². The van der Waals surface area contributed by atoms with Gasteiger partial charge in [0.15, 0.2) is 0 Å². The Bertz CT molecular complexity index is 1210. The van der Waals surface area contributed by atoms with Gasteiger partial charge in [-0.3, -0.25) is 9.36 Å². The maximum absolute atomic E-state index is 12.8. The number of rotatable bonds is 53. The van der Waals surface area contributed by atoms with E-state index >= 15 is 0 Å². The minimum Gasteiger partial charge on any atom is -0.756 e. The minimum absolute atomic E-state index is 0.0247. The van der Waals surface area contributed by atoms with Crippen LogP contribution in [0.2, 0.25) is 0 Å². The van der Waals surface area contributed by atoms with Gasteiger partial charge >= 0.3 is 5.97 Å². The number of carbonyl (C=O) groups excluding carboxylic acids is 1. The number of phosphoric acid groups is 1. The Morgan fingerprint density at radius 3 is 1.21 bits per heavy atom. The van der Waals surface area contributed by atoms with E-state index in [1.807, 2.05) is 21.1 Å². The first kappa shape index (κ1) is 65.5. The van der Waals surface area contributed by atoms with Crippen LogP contribution in [0.4, 0.5) is 0 Å². The molecule has 9 heteroatoms. The summed E-state index contributed by atoms with van der Waals surface area (Å²) in [6.07, 6.45) is 64.3. The first-order valence-electron chi connectivity index (χ1n) is 28.4. The number of phosphoric ester groups is 1. The zero-order chi connectivity index (χ0) is 49.0. The topological polar surface area (TPSA) is 94.1 Å². The van der Waals surface area contributed by atoms with Crippen LogP contribution in [0.25, 0.3) is 0 Å². The second kappa shape index (κ2) is 50.8. The summed E-state index contributed by atoms with van der Waals surface area (Å²) in [5.74, 6) is -0.335. The van der Waals surface area contributed by atoms with E-state index in [1.54, 1.807) is 0 Å². The predicted octanol–water partition coefficient (Wildman–Crippen LogP) is 17.2. The van der Waals surface area contributed by atoms with Crippen LogP contribution >= 0.6 is 7.82 Å². The normalized spacial score (nSPS) is 13.8. The maximum Gasteiger partial charge on any atom is 0.306 e. The molecule has 0 aromatic heterocycles. The van der Waals surface area contributed by atoms with Gasteiger partial charge in [0.25, 0.3) is 7.82 Å². The standard InChI is InChI=1S/C58H110NO7P/c1-6-8-10-12-14-16-18-20-22-24-26-28-30-31-33-35-37-39-41-43-45-47-49-51-58(60)66-57(56-65-67(61,62)64-54-52-59(3,4)5)55-63-53-50-48-46-44-42-40-38-36-34-32-29-27-25-23-21-19-17-15-13-11-9-7-2/h18-21,24-27,57H,6-17,22-23,28-56H2,1-5H3/b20-18-,21-19-,26-24-,27-25-. The summed E-state index contributed by atoms with van der Waals surface area (Å²) < 4.78 is 34.8. The van der Waals surface area contributed by atoms with E-state index in [2.05, 4.69) is 62.5 Å². The molecule has 0 radical (unpaired) electrons. The molecular weight excluding hydrogens is 854 g/mol. The van der Waals surface area contributed by atoms with Gasteiger partial charge in [-0.1, -0.05) is 223 Å². The Morgan fingerprint density at radius 1 is 0.463 bits per heavy atom. The molecule has 0 heterocycles. The highest BCUT2D eigenvalue weighted by Gasteiger charge is 2.20. The molecule has 394 valence electrons. The lowest BCUT2D eigenvalue weighted by molar-refractivity contribution is -0.870. The zero-order valence-electron chi connectivity index (χ0n) is 44.9. The second-order valence-electron chi connectivity index (χ2n) is 20.3. The summed E-state index contributed by atoms with van der Waals surface area (Å²) in [6, 6.07) is 0. The van der Waals surface area contributed by atoms with Crippen molar-refractivity contribution in [2.45, 2.75) is 264 Å². The Hall–Kier alpha value is -1.54. The van der Waals surface area contributed by atoms with Crippen molar-refractivity contribution in [2.24, 2.45) is 0 Å². The number of likely N-dealkylation sites (N-methyl/N-ethyl adjacent to an activating group) is 1. The fraction of sp³-hybridized carbons (Fsp3) is 0.845. The van der Waals surface area contributed by atoms with Gasteiger partial charge in [0.1, 0.15) is 19.3 Å². The maximum atomic E-state index is 12.8. The van der Waals surface area contributed by atoms with Crippen molar-refractivity contribution >= 4 is 13.8 Å². The largest absolute Gasteiger partial charge is 0.756 e. The van der Waals surface area contributed by atoms with Crippen LogP contribution in [0.1, 0.15) is 258 Å². The number of ether oxygens (including phenoxy) is 2. The number of quaternary nitrogens is 1. The molecule has 67 heavy (non-hydrogen) atoms. The third kappa shape index (κ3) is 55.3. The van der Waals surface area contributed by atoms with Crippen LogP contribution in [0.15, 0.2) is 48.6 Å². The summed E-state index contributed by atoms with van der Waals surface area (Å²) in [4.78, 5) is 25.3. The van der Waals surface area contributed by atoms with Gasteiger partial charge in [-0.15, -0.1) is 0 Å². The van der Waals surface area contributed by atoms with Crippen LogP contribution in [-0.4, -0.2) is 70.7 Å². The summed E-state index contributed by atoms with van der Waals surface area (Å²) in [6.45, 7) is 5.42. The predicted molar refractivity (Wildman–Crippen MR) is 286 cm³/mol. The van der Waals surface area contributed by atoms with Crippen LogP contribution in [0.5, 0.6) is 0 Å². The summed E-state index contributed by atoms with van der Waals surface area (Å²) in [5, 5.41) is 0. The number of unbranched alkanes of at least 4 members (excludes halogenated alkanes) is 31. The highest BCUT2D eigenvalue weighted by atomic mass is 31.2. The lowest BCUT2D eigenvalue weighted by atomic mass is 10.0. The SMILES string of the molecule is CCCCCCC/C=C\C/C=C\CCCCCCCCCCCCCC(=O)OC(COCCCCCCCCCCCC/C=C\C/C=C\CCCCCCC)COP(=O)([O-])OCC[N+](C)(C)C. The zero-order valence-corrected chi connectivity index (χ0v) is 45.7. The molecule has 0 saturated heterocycles. The molecule has 2 atom stereocenters. The summed E-state index contributed by atoms with van der Waals surface area (Å²) in [7, 11) is 1.36. The molecule has 0 fully saturated rings. The van der Waals surface area contributed by atoms with Crippen LogP contribution in [-0.2, 0) is 27.9 Å². The van der Waals surface area contributed by atoms with E-state index in [9.17, 15) is 14.3 Å². The van der Waals surface area contributed by atoms with Crippen LogP contribution in [0, 0.1) is 0 Å². The van der Waals surface area contributed by atoms with Gasteiger partial charge in [0, 0.05) is 13.0 Å². The average molecular weight is 964 g/mol. The highest BCUT2D eigenvalue weighted by Crippen LogP contribution is 2.38. The van der Waals surface area contributed by atoms with Crippen molar-refractivity contribution in [3.05, 3.63) is 48.6 Å². The summed E-state index contributed by atoms with van der Waals surface area (Å²) in [5.41, 5.74) is 0. The van der Waals surface area contributed by atoms with Crippen LogP contribution < -0.4 is 4.89 Å². The van der Waals surface area contributed by atoms with Gasteiger partial charge < -0.3 is 27.9 Å². The van der Waals surface area contributed by atoms with Crippen molar-refractivity contribution in [2.75, 3.05) is 54.1 Å². The molecule has 0 amide bonds. The van der Waals surface area contributed by atoms with Crippen molar-refractivity contribution in [3.63, 3.8) is 0 Å². The molecule has 0 aliphatic rings. The van der Waals surface area contributed by atoms with Crippen molar-refractivity contribution < 1.29 is 37.3 Å². The second-order valence-corrected chi connectivity index (χ2v) is 21.7. The molecule has 0 saturated carbocycles. The Kier molecular flexibility index (Phi) is 49.7. The third-order valence-electron chi connectivity index (χ3n) is 12.4. The fourth-order valence-electron chi connectivity index (χ4n) is 7.96. The molecule has 0 aromatic carbocycles. The third-order valence-corrected chi connectivity index (χ3v) is 13.3. The first-order chi connectivity index (χ1) is 32.6. The van der Waals surface area contributed by atoms with E-state index in [-0.39, 0.29) is 25.8 Å². The Morgan fingerprint density at radius 2 is 0.821 bits per heavy atom. The number of hydrogen-bond donors (Lipinski definition) is 0. The van der Waals surface area contributed by atoms with E-state index in [1.165, 1.54) is 193 Å². The highest BCUT2D eigenvalue weighted by molar-refractivity contribution is 7.45. The van der Waals surface area contributed by atoms with Crippen molar-refractivity contribution in [1.82, 2.24) is 0 Å². The first-order valence-corrected chi connectivity index (χ1v) is 29.8. The van der Waals surface area contributed by atoms with Crippen LogP contribution in [0.3, 0.4) is 0 Å². The molecule has 0 N–H and O–H groups in total. The van der Waals surface area contributed by atoms with E-state index in [0.717, 1.165) is 44.9 Å². The number of allylic oxidation sites excluding steroid dienone is 8. The lowest BCUT2D eigenvalue weighted by Crippen LogP contribution is -2.37. The molecule has 0 aromatic rings. The minimum atomic E-state index is -4.54. The quantitative estimate of drug-likeness (QED) is 0.0197. The molecule has 2 unspecified atom stereocenters. The van der Waals surface area contributed by atoms with Gasteiger partial charge in [-0.2, -0.15) is 0 Å². The molecule has 0 aliphatic heterocycles. The van der Waals surface area contributed by atoms with Gasteiger partial charge in [-0.05, 0) is 77.0 Å². The van der Waals surface area contributed by atoms with Gasteiger partial charge in [0.05, 0.1) is 34.4 Å². The smallest absolute Gasteiger partial charge is 0.306 e. The molecule has 8 nitrogen and oxygen atoms in total. The monoisotopic (exact) mass is 964 g/mol. The summed E-state index contributed by atoms with van der Waals surface area (Å²) >= 11 is 0. The van der Waals surface area contributed by atoms with Gasteiger partial charge in [0.2, 0.25) is 0 Å². The van der Waals surface area contributed by atoms with Crippen molar-refractivity contribution in [3.8, 4) is 0 Å². The number of hydrogen-bond acceptors (Lipinski definition) is 7. The molecular formula is C58H110NO7P. The lowest BCUT2D eigenvalue weighted by Gasteiger charge is -2.28. The van der Waals surface area contributed by atoms with Crippen molar-refractivity contribution in [1.29, 1.82) is 0 Å². The number of esters is 1. The van der Waals surface area contributed by atoms with E-state index < -0.39 is 13.9 Å². The molecule has 0 rings (SSSR count). The average Bonchev–Trinajstić information content (AvgIpc) is 3.29. The van der Waals surface area contributed by atoms with Gasteiger partial charge in [-0.25, -0.2) is 0 Å². The fourth-order valence-corrected chi connectivity index (χ4v) is 8.69. The van der Waals surface area contributed by atoms with E-state index in [4.69, 9.17) is 18.5 Å². The Balaban J connectivity index is 4.09. The number of carbonyl (C=O) groups is 1.